The van der Waals surface area contributed by atoms with Crippen LogP contribution in [-0.4, -0.2) is 59.8 Å². The minimum atomic E-state index is 0.560. The zero-order valence-corrected chi connectivity index (χ0v) is 20.1. The lowest BCUT2D eigenvalue weighted by atomic mass is 9.87. The molecule has 1 aromatic carbocycles. The Morgan fingerprint density at radius 2 is 1.81 bits per heavy atom. The van der Waals surface area contributed by atoms with Crippen LogP contribution >= 0.6 is 0 Å². The van der Waals surface area contributed by atoms with Gasteiger partial charge in [0.15, 0.2) is 0 Å². The van der Waals surface area contributed by atoms with Gasteiger partial charge in [-0.25, -0.2) is 15.0 Å². The molecule has 3 aliphatic rings. The molecule has 36 heavy (non-hydrogen) atoms. The summed E-state index contributed by atoms with van der Waals surface area (Å²) in [7, 11) is 1.93. The molecule has 0 amide bonds. The van der Waals surface area contributed by atoms with E-state index in [2.05, 4.69) is 66.2 Å². The summed E-state index contributed by atoms with van der Waals surface area (Å²) in [6.45, 7) is 2.94. The molecule has 7 heterocycles. The van der Waals surface area contributed by atoms with E-state index in [1.807, 2.05) is 48.8 Å². The van der Waals surface area contributed by atoms with E-state index in [9.17, 15) is 0 Å². The maximum atomic E-state index is 4.89. The zero-order chi connectivity index (χ0) is 24.1. The lowest BCUT2D eigenvalue weighted by molar-refractivity contribution is -0.00967. The summed E-state index contributed by atoms with van der Waals surface area (Å²) in [6, 6.07) is 15.9. The molecule has 0 N–H and O–H groups in total. The number of piperidine rings is 1. The fourth-order valence-electron chi connectivity index (χ4n) is 5.60. The summed E-state index contributed by atoms with van der Waals surface area (Å²) in [5, 5.41) is 5.35. The number of benzene rings is 1. The van der Waals surface area contributed by atoms with Gasteiger partial charge in [-0.2, -0.15) is 5.10 Å². The Morgan fingerprint density at radius 3 is 2.56 bits per heavy atom. The predicted octanol–water partition coefficient (Wildman–Crippen LogP) is 3.95. The Bertz CT molecular complexity index is 1520. The first-order valence-corrected chi connectivity index (χ1v) is 12.3. The number of fused-ring (bicyclic) bond motifs is 3. The van der Waals surface area contributed by atoms with E-state index in [0.717, 1.165) is 64.3 Å². The van der Waals surface area contributed by atoms with E-state index in [-0.39, 0.29) is 0 Å². The third-order valence-corrected chi connectivity index (χ3v) is 7.46. The monoisotopic (exact) mass is 474 g/mol. The van der Waals surface area contributed by atoms with Gasteiger partial charge in [0.05, 0.1) is 17.4 Å². The van der Waals surface area contributed by atoms with Crippen molar-refractivity contribution in [3.8, 4) is 22.3 Å². The van der Waals surface area contributed by atoms with Crippen molar-refractivity contribution in [3.63, 3.8) is 0 Å². The maximum absolute atomic E-state index is 4.89. The molecule has 8 nitrogen and oxygen atoms in total. The van der Waals surface area contributed by atoms with Gasteiger partial charge in [-0.15, -0.1) is 0 Å². The molecule has 3 aliphatic heterocycles. The first kappa shape index (κ1) is 21.1. The van der Waals surface area contributed by atoms with Crippen LogP contribution in [0.4, 0.5) is 5.82 Å². The van der Waals surface area contributed by atoms with Gasteiger partial charge in [0.2, 0.25) is 0 Å². The molecule has 8 heteroatoms. The van der Waals surface area contributed by atoms with Gasteiger partial charge >= 0.3 is 0 Å². The van der Waals surface area contributed by atoms with Gasteiger partial charge < -0.3 is 4.90 Å². The summed E-state index contributed by atoms with van der Waals surface area (Å²) >= 11 is 0. The van der Waals surface area contributed by atoms with Crippen LogP contribution in [0.1, 0.15) is 12.1 Å². The highest BCUT2D eigenvalue weighted by Crippen LogP contribution is 2.36. The highest BCUT2D eigenvalue weighted by Gasteiger charge is 2.44. The summed E-state index contributed by atoms with van der Waals surface area (Å²) in [4.78, 5) is 23.2. The van der Waals surface area contributed by atoms with Crippen molar-refractivity contribution in [2.45, 2.75) is 25.0 Å². The molecule has 2 atom stereocenters. The maximum Gasteiger partial charge on any atom is 0.128 e. The molecule has 8 rings (SSSR count). The second-order valence-electron chi connectivity index (χ2n) is 9.73. The smallest absolute Gasteiger partial charge is 0.128 e. The van der Waals surface area contributed by atoms with Crippen LogP contribution in [0.15, 0.2) is 79.8 Å². The Labute approximate surface area is 209 Å². The van der Waals surface area contributed by atoms with Crippen LogP contribution in [0.3, 0.4) is 0 Å². The van der Waals surface area contributed by atoms with Crippen molar-refractivity contribution < 1.29 is 0 Å². The van der Waals surface area contributed by atoms with E-state index in [1.165, 1.54) is 6.42 Å². The second-order valence-corrected chi connectivity index (χ2v) is 9.73. The fraction of sp³-hybridized carbons (Fsp3) is 0.250. The van der Waals surface area contributed by atoms with E-state index in [0.29, 0.717) is 12.1 Å². The molecule has 2 bridgehead atoms. The van der Waals surface area contributed by atoms with Gasteiger partial charge in [0.1, 0.15) is 12.1 Å². The average Bonchev–Trinajstić information content (AvgIpc) is 3.38. The van der Waals surface area contributed by atoms with Crippen molar-refractivity contribution in [1.82, 2.24) is 34.6 Å². The highest BCUT2D eigenvalue weighted by atomic mass is 15.4. The van der Waals surface area contributed by atoms with Gasteiger partial charge in [-0.3, -0.25) is 14.6 Å². The van der Waals surface area contributed by atoms with Gasteiger partial charge in [0, 0.05) is 80.1 Å². The normalized spacial score (nSPS) is 19.4. The molecule has 0 spiro atoms. The molecule has 0 radical (unpaired) electrons. The third kappa shape index (κ3) is 3.70. The van der Waals surface area contributed by atoms with Crippen LogP contribution in [0, 0.1) is 0 Å². The minimum Gasteiger partial charge on any atom is -0.353 e. The number of anilines is 1. The lowest BCUT2D eigenvalue weighted by Gasteiger charge is -2.56. The van der Waals surface area contributed by atoms with E-state index < -0.39 is 0 Å². The van der Waals surface area contributed by atoms with E-state index in [1.54, 1.807) is 6.33 Å². The van der Waals surface area contributed by atoms with Crippen molar-refractivity contribution in [1.29, 1.82) is 0 Å². The molecule has 3 fully saturated rings. The number of hydrogen-bond donors (Lipinski definition) is 0. The second kappa shape index (κ2) is 8.49. The summed E-state index contributed by atoms with van der Waals surface area (Å²) in [5.41, 5.74) is 6.34. The van der Waals surface area contributed by atoms with Crippen LogP contribution in [-0.2, 0) is 13.6 Å². The Kier molecular flexibility index (Phi) is 4.99. The quantitative estimate of drug-likeness (QED) is 0.382. The largest absolute Gasteiger partial charge is 0.353 e. The zero-order valence-electron chi connectivity index (χ0n) is 20.1. The van der Waals surface area contributed by atoms with Crippen molar-refractivity contribution in [2.75, 3.05) is 18.0 Å². The Hall–Kier alpha value is -4.17. The van der Waals surface area contributed by atoms with Crippen molar-refractivity contribution >= 4 is 16.7 Å². The van der Waals surface area contributed by atoms with Gasteiger partial charge in [0.25, 0.3) is 0 Å². The molecule has 0 saturated carbocycles. The first-order valence-electron chi connectivity index (χ1n) is 12.3. The molecular weight excluding hydrogens is 448 g/mol. The Morgan fingerprint density at radius 1 is 0.889 bits per heavy atom. The van der Waals surface area contributed by atoms with Crippen LogP contribution in [0.5, 0.6) is 0 Å². The molecular formula is C28H26N8. The number of aromatic nitrogens is 6. The third-order valence-electron chi connectivity index (χ3n) is 7.46. The fourth-order valence-corrected chi connectivity index (χ4v) is 5.60. The SMILES string of the molecule is Cn1cc(-c2cc(-c3ccc(N4CC5CC(C4)N5Cc4ccccn4)nc3)c3cncnc3c2)cn1. The number of piperazine rings is 1. The first-order chi connectivity index (χ1) is 17.7. The topological polar surface area (TPSA) is 75.9 Å². The minimum absolute atomic E-state index is 0.560. The Balaban J connectivity index is 1.14. The highest BCUT2D eigenvalue weighted by molar-refractivity contribution is 5.97. The molecule has 2 unspecified atom stereocenters. The van der Waals surface area contributed by atoms with Crippen LogP contribution in [0.25, 0.3) is 33.2 Å². The molecule has 178 valence electrons. The molecule has 0 aliphatic carbocycles. The van der Waals surface area contributed by atoms with Crippen molar-refractivity contribution in [3.05, 3.63) is 85.5 Å². The van der Waals surface area contributed by atoms with E-state index >= 15 is 0 Å². The molecule has 3 saturated heterocycles. The molecule has 5 aromatic rings. The standard InChI is InChI=1S/C28H26N8/c1-34-14-21(12-33-34)20-8-25(26-13-29-18-32-27(26)9-20)19-5-6-28(31-11-19)35-16-23-10-24(17-35)36(23)15-22-4-2-3-7-30-22/h2-9,11-14,18,23-24H,10,15-17H2,1H3. The van der Waals surface area contributed by atoms with E-state index in [4.69, 9.17) is 4.98 Å². The number of pyridine rings is 2. The average molecular weight is 475 g/mol. The molecule has 4 aromatic heterocycles. The van der Waals surface area contributed by atoms with Crippen LogP contribution in [0.2, 0.25) is 0 Å². The summed E-state index contributed by atoms with van der Waals surface area (Å²) < 4.78 is 1.82. The summed E-state index contributed by atoms with van der Waals surface area (Å²) in [6.07, 6.45) is 12.5. The van der Waals surface area contributed by atoms with Gasteiger partial charge in [-0.1, -0.05) is 6.07 Å². The number of rotatable bonds is 5. The summed E-state index contributed by atoms with van der Waals surface area (Å²) in [5.74, 6) is 1.04. The number of nitrogens with zero attached hydrogens (tertiary/aromatic N) is 8. The number of aryl methyl sites for hydroxylation is 1. The number of hydrogen-bond acceptors (Lipinski definition) is 7. The van der Waals surface area contributed by atoms with Gasteiger partial charge in [-0.05, 0) is 53.9 Å². The lowest BCUT2D eigenvalue weighted by Crippen LogP contribution is -2.68. The predicted molar refractivity (Wildman–Crippen MR) is 139 cm³/mol. The van der Waals surface area contributed by atoms with Crippen molar-refractivity contribution in [2.24, 2.45) is 7.05 Å². The van der Waals surface area contributed by atoms with Crippen LogP contribution < -0.4 is 4.90 Å².